The van der Waals surface area contributed by atoms with Crippen LogP contribution in [0.4, 0.5) is 0 Å². The summed E-state index contributed by atoms with van der Waals surface area (Å²) in [6, 6.07) is 0. The molecule has 1 aliphatic heterocycles. The van der Waals surface area contributed by atoms with E-state index >= 15 is 0 Å². The van der Waals surface area contributed by atoms with Crippen molar-refractivity contribution in [2.75, 3.05) is 24.7 Å². The van der Waals surface area contributed by atoms with Gasteiger partial charge in [-0.1, -0.05) is 0 Å². The molecular formula is C10H16O4S. The summed E-state index contributed by atoms with van der Waals surface area (Å²) in [5, 5.41) is 0. The van der Waals surface area contributed by atoms with E-state index in [0.717, 1.165) is 0 Å². The highest BCUT2D eigenvalue weighted by Crippen LogP contribution is 2.31. The van der Waals surface area contributed by atoms with Gasteiger partial charge in [0.1, 0.15) is 0 Å². The maximum atomic E-state index is 11.5. The van der Waals surface area contributed by atoms with E-state index in [1.54, 1.807) is 25.6 Å². The van der Waals surface area contributed by atoms with Gasteiger partial charge in [0.15, 0.2) is 0 Å². The second kappa shape index (κ2) is 6.00. The summed E-state index contributed by atoms with van der Waals surface area (Å²) < 4.78 is 9.85. The molecule has 2 atom stereocenters. The van der Waals surface area contributed by atoms with E-state index in [9.17, 15) is 9.59 Å². The Bertz CT molecular complexity index is 218. The molecule has 0 amide bonds. The van der Waals surface area contributed by atoms with Crippen LogP contribution in [0.1, 0.15) is 13.8 Å². The summed E-state index contributed by atoms with van der Waals surface area (Å²) in [5.74, 6) is 0.106. The molecule has 1 aliphatic rings. The van der Waals surface area contributed by atoms with Gasteiger partial charge in [-0.2, -0.15) is 11.8 Å². The van der Waals surface area contributed by atoms with E-state index in [-0.39, 0.29) is 23.8 Å². The molecule has 4 nitrogen and oxygen atoms in total. The van der Waals surface area contributed by atoms with Crippen LogP contribution in [0.2, 0.25) is 0 Å². The second-order valence-corrected chi connectivity index (χ2v) is 4.33. The van der Waals surface area contributed by atoms with Gasteiger partial charge < -0.3 is 9.47 Å². The van der Waals surface area contributed by atoms with Gasteiger partial charge in [0.05, 0.1) is 25.0 Å². The number of carbonyl (C=O) groups is 2. The Labute approximate surface area is 93.7 Å². The maximum absolute atomic E-state index is 11.5. The topological polar surface area (TPSA) is 52.6 Å². The molecule has 5 heteroatoms. The van der Waals surface area contributed by atoms with Crippen LogP contribution in [-0.2, 0) is 19.1 Å². The largest absolute Gasteiger partial charge is 0.466 e. The Morgan fingerprint density at radius 3 is 1.80 bits per heavy atom. The summed E-state index contributed by atoms with van der Waals surface area (Å²) in [6.45, 7) is 4.24. The number of thioether (sulfide) groups is 1. The van der Waals surface area contributed by atoms with Crippen molar-refractivity contribution in [3.05, 3.63) is 0 Å². The number of hydrogen-bond acceptors (Lipinski definition) is 5. The van der Waals surface area contributed by atoms with E-state index in [0.29, 0.717) is 24.7 Å². The van der Waals surface area contributed by atoms with Gasteiger partial charge in [-0.15, -0.1) is 0 Å². The highest BCUT2D eigenvalue weighted by atomic mass is 32.2. The maximum Gasteiger partial charge on any atom is 0.310 e. The Balaban J connectivity index is 2.56. The van der Waals surface area contributed by atoms with Crippen molar-refractivity contribution in [3.63, 3.8) is 0 Å². The lowest BCUT2D eigenvalue weighted by Crippen LogP contribution is -2.31. The fourth-order valence-corrected chi connectivity index (χ4v) is 2.90. The molecule has 0 saturated carbocycles. The zero-order valence-corrected chi connectivity index (χ0v) is 9.84. The standard InChI is InChI=1S/C10H16O4S/c1-3-13-9(11)7-5-15-6-8(7)10(12)14-4-2/h7-8H,3-6H2,1-2H3/t7-,8-/m1/s1. The molecule has 1 rings (SSSR count). The third-order valence-corrected chi connectivity index (χ3v) is 3.45. The monoisotopic (exact) mass is 232 g/mol. The van der Waals surface area contributed by atoms with Crippen molar-refractivity contribution in [3.8, 4) is 0 Å². The first-order valence-corrected chi connectivity index (χ1v) is 6.27. The molecule has 15 heavy (non-hydrogen) atoms. The van der Waals surface area contributed by atoms with Crippen molar-refractivity contribution < 1.29 is 19.1 Å². The van der Waals surface area contributed by atoms with E-state index in [2.05, 4.69) is 0 Å². The van der Waals surface area contributed by atoms with Gasteiger partial charge in [-0.3, -0.25) is 9.59 Å². The van der Waals surface area contributed by atoms with Gasteiger partial charge in [-0.05, 0) is 13.8 Å². The fourth-order valence-electron chi connectivity index (χ4n) is 1.52. The first-order chi connectivity index (χ1) is 7.20. The molecule has 0 radical (unpaired) electrons. The van der Waals surface area contributed by atoms with Crippen molar-refractivity contribution in [2.24, 2.45) is 11.8 Å². The third-order valence-electron chi connectivity index (χ3n) is 2.26. The van der Waals surface area contributed by atoms with Crippen LogP contribution in [0.5, 0.6) is 0 Å². The molecular weight excluding hydrogens is 216 g/mol. The molecule has 86 valence electrons. The summed E-state index contributed by atoms with van der Waals surface area (Å²) in [6.07, 6.45) is 0. The van der Waals surface area contributed by atoms with Crippen molar-refractivity contribution in [2.45, 2.75) is 13.8 Å². The quantitative estimate of drug-likeness (QED) is 0.679. The third kappa shape index (κ3) is 3.12. The number of esters is 2. The SMILES string of the molecule is CCOC(=O)[C@@H]1CSC[C@H]1C(=O)OCC. The molecule has 0 bridgehead atoms. The second-order valence-electron chi connectivity index (χ2n) is 3.25. The Morgan fingerprint density at radius 1 is 1.07 bits per heavy atom. The number of ether oxygens (including phenoxy) is 2. The highest BCUT2D eigenvalue weighted by molar-refractivity contribution is 7.99. The van der Waals surface area contributed by atoms with Crippen LogP contribution >= 0.6 is 11.8 Å². The summed E-state index contributed by atoms with van der Waals surface area (Å²) in [4.78, 5) is 23.0. The predicted octanol–water partition coefficient (Wildman–Crippen LogP) is 1.09. The lowest BCUT2D eigenvalue weighted by Gasteiger charge is -2.15. The zero-order valence-electron chi connectivity index (χ0n) is 9.02. The molecule has 1 heterocycles. The van der Waals surface area contributed by atoms with Crippen LogP contribution in [0, 0.1) is 11.8 Å². The zero-order chi connectivity index (χ0) is 11.3. The summed E-state index contributed by atoms with van der Waals surface area (Å²) in [5.41, 5.74) is 0. The number of hydrogen-bond donors (Lipinski definition) is 0. The molecule has 0 aliphatic carbocycles. The van der Waals surface area contributed by atoms with Gasteiger partial charge in [-0.25, -0.2) is 0 Å². The lowest BCUT2D eigenvalue weighted by molar-refractivity contribution is -0.157. The first kappa shape index (κ1) is 12.4. The van der Waals surface area contributed by atoms with Gasteiger partial charge in [0, 0.05) is 11.5 Å². The van der Waals surface area contributed by atoms with E-state index in [4.69, 9.17) is 9.47 Å². The van der Waals surface area contributed by atoms with Gasteiger partial charge in [0.25, 0.3) is 0 Å². The van der Waals surface area contributed by atoms with Crippen LogP contribution in [0.3, 0.4) is 0 Å². The average Bonchev–Trinajstić information content (AvgIpc) is 2.66. The lowest BCUT2D eigenvalue weighted by atomic mass is 9.96. The van der Waals surface area contributed by atoms with Crippen LogP contribution in [-0.4, -0.2) is 36.7 Å². The Morgan fingerprint density at radius 2 is 1.47 bits per heavy atom. The molecule has 0 aromatic carbocycles. The van der Waals surface area contributed by atoms with Gasteiger partial charge in [0.2, 0.25) is 0 Å². The molecule has 0 aromatic heterocycles. The smallest absolute Gasteiger partial charge is 0.310 e. The average molecular weight is 232 g/mol. The number of carbonyl (C=O) groups excluding carboxylic acids is 2. The normalized spacial score (nSPS) is 24.9. The minimum absolute atomic E-state index is 0.277. The fraction of sp³-hybridized carbons (Fsp3) is 0.800. The van der Waals surface area contributed by atoms with Crippen molar-refractivity contribution in [1.82, 2.24) is 0 Å². The van der Waals surface area contributed by atoms with Crippen LogP contribution in [0.15, 0.2) is 0 Å². The van der Waals surface area contributed by atoms with Crippen molar-refractivity contribution in [1.29, 1.82) is 0 Å². The molecule has 1 saturated heterocycles. The summed E-state index contributed by atoms with van der Waals surface area (Å²) in [7, 11) is 0. The minimum atomic E-state index is -0.325. The Hall–Kier alpha value is -0.710. The highest BCUT2D eigenvalue weighted by Gasteiger charge is 2.40. The van der Waals surface area contributed by atoms with Gasteiger partial charge >= 0.3 is 11.9 Å². The van der Waals surface area contributed by atoms with Crippen LogP contribution in [0.25, 0.3) is 0 Å². The first-order valence-electron chi connectivity index (χ1n) is 5.11. The van der Waals surface area contributed by atoms with Crippen molar-refractivity contribution >= 4 is 23.7 Å². The van der Waals surface area contributed by atoms with E-state index in [1.807, 2.05) is 0 Å². The number of rotatable bonds is 4. The van der Waals surface area contributed by atoms with Crippen LogP contribution < -0.4 is 0 Å². The van der Waals surface area contributed by atoms with E-state index < -0.39 is 0 Å². The van der Waals surface area contributed by atoms with E-state index in [1.165, 1.54) is 0 Å². The minimum Gasteiger partial charge on any atom is -0.466 e. The summed E-state index contributed by atoms with van der Waals surface area (Å²) >= 11 is 1.60. The Kier molecular flexibility index (Phi) is 4.94. The molecule has 0 unspecified atom stereocenters. The molecule has 0 aromatic rings. The molecule has 0 spiro atoms. The molecule has 0 N–H and O–H groups in total. The molecule has 1 fully saturated rings. The predicted molar refractivity (Wildman–Crippen MR) is 57.6 cm³/mol.